The van der Waals surface area contributed by atoms with Crippen LogP contribution in [0.2, 0.25) is 4.34 Å². The summed E-state index contributed by atoms with van der Waals surface area (Å²) in [6.07, 6.45) is 3.87. The summed E-state index contributed by atoms with van der Waals surface area (Å²) in [6.45, 7) is 2.09. The molecule has 2 aromatic rings. The minimum Gasteiger partial charge on any atom is -0.493 e. The van der Waals surface area contributed by atoms with Gasteiger partial charge in [-0.2, -0.15) is 4.72 Å². The Morgan fingerprint density at radius 1 is 1.14 bits per heavy atom. The lowest BCUT2D eigenvalue weighted by molar-refractivity contribution is -0.134. The highest BCUT2D eigenvalue weighted by molar-refractivity contribution is 7.89. The first kappa shape index (κ1) is 30.7. The van der Waals surface area contributed by atoms with Gasteiger partial charge in [-0.1, -0.05) is 11.6 Å². The molecule has 15 heteroatoms. The van der Waals surface area contributed by atoms with Gasteiger partial charge in [0.2, 0.25) is 21.8 Å². The number of benzene rings is 1. The molecule has 228 valence electrons. The number of hydrogen-bond acceptors (Lipinski definition) is 8. The fourth-order valence-corrected chi connectivity index (χ4v) is 7.68. The molecule has 3 heterocycles. The number of rotatable bonds is 10. The van der Waals surface area contributed by atoms with Crippen LogP contribution < -0.4 is 19.7 Å². The predicted octanol–water partition coefficient (Wildman–Crippen LogP) is 2.45. The number of carbonyl (C=O) groups is 3. The highest BCUT2D eigenvalue weighted by Gasteiger charge is 2.37. The van der Waals surface area contributed by atoms with Crippen molar-refractivity contribution in [1.29, 1.82) is 0 Å². The number of thiophene rings is 1. The van der Waals surface area contributed by atoms with Crippen molar-refractivity contribution in [2.75, 3.05) is 51.3 Å². The Morgan fingerprint density at radius 3 is 2.50 bits per heavy atom. The van der Waals surface area contributed by atoms with Crippen molar-refractivity contribution in [3.8, 4) is 5.75 Å². The molecule has 1 aromatic heterocycles. The van der Waals surface area contributed by atoms with Gasteiger partial charge < -0.3 is 19.9 Å². The summed E-state index contributed by atoms with van der Waals surface area (Å²) in [5.41, 5.74) is 0.00419. The first-order valence-electron chi connectivity index (χ1n) is 13.8. The number of amides is 3. The van der Waals surface area contributed by atoms with Crippen molar-refractivity contribution in [1.82, 2.24) is 19.8 Å². The molecule has 11 nitrogen and oxygen atoms in total. The molecule has 2 aliphatic heterocycles. The topological polar surface area (TPSA) is 128 Å². The summed E-state index contributed by atoms with van der Waals surface area (Å²) in [5.74, 6) is -2.39. The van der Waals surface area contributed by atoms with Gasteiger partial charge in [-0.05, 0) is 43.9 Å². The van der Waals surface area contributed by atoms with Crippen LogP contribution in [0.4, 0.5) is 10.1 Å². The average molecular weight is 642 g/mol. The molecule has 0 radical (unpaired) electrons. The van der Waals surface area contributed by atoms with E-state index in [1.807, 2.05) is 0 Å². The molecule has 42 heavy (non-hydrogen) atoms. The summed E-state index contributed by atoms with van der Waals surface area (Å²) in [5, 5.41) is 2.62. The van der Waals surface area contributed by atoms with Crippen LogP contribution in [-0.2, 0) is 19.6 Å². The molecule has 5 rings (SSSR count). The summed E-state index contributed by atoms with van der Waals surface area (Å²) >= 11 is 6.99. The minimum atomic E-state index is -4.59. The summed E-state index contributed by atoms with van der Waals surface area (Å²) < 4.78 is 50.6. The lowest BCUT2D eigenvalue weighted by Crippen LogP contribution is -2.58. The molecule has 3 amide bonds. The molecule has 0 spiro atoms. The van der Waals surface area contributed by atoms with Gasteiger partial charge in [-0.3, -0.25) is 19.3 Å². The number of halogens is 2. The lowest BCUT2D eigenvalue weighted by atomic mass is 10.1. The number of sulfonamides is 1. The van der Waals surface area contributed by atoms with E-state index in [0.29, 0.717) is 54.3 Å². The number of piperazine rings is 1. The molecule has 2 N–H and O–H groups in total. The van der Waals surface area contributed by atoms with Crippen LogP contribution in [0.3, 0.4) is 0 Å². The molecule has 0 unspecified atom stereocenters. The second kappa shape index (κ2) is 12.8. The highest BCUT2D eigenvalue weighted by atomic mass is 35.5. The van der Waals surface area contributed by atoms with E-state index < -0.39 is 38.6 Å². The van der Waals surface area contributed by atoms with Crippen LogP contribution in [0.5, 0.6) is 5.75 Å². The Labute approximate surface area is 253 Å². The largest absolute Gasteiger partial charge is 0.493 e. The predicted molar refractivity (Wildman–Crippen MR) is 156 cm³/mol. The van der Waals surface area contributed by atoms with Crippen molar-refractivity contribution in [3.63, 3.8) is 0 Å². The number of ether oxygens (including phenoxy) is 1. The Balaban J connectivity index is 1.41. The first-order chi connectivity index (χ1) is 20.1. The summed E-state index contributed by atoms with van der Waals surface area (Å²) in [6, 6.07) is 4.09. The van der Waals surface area contributed by atoms with Gasteiger partial charge in [0, 0.05) is 57.8 Å². The maximum atomic E-state index is 14.9. The van der Waals surface area contributed by atoms with Crippen molar-refractivity contribution in [2.45, 2.75) is 49.1 Å². The molecule has 1 aliphatic carbocycles. The van der Waals surface area contributed by atoms with Crippen LogP contribution in [-0.4, -0.2) is 94.4 Å². The van der Waals surface area contributed by atoms with E-state index in [1.165, 1.54) is 18.1 Å². The van der Waals surface area contributed by atoms with Crippen molar-refractivity contribution in [3.05, 3.63) is 39.3 Å². The van der Waals surface area contributed by atoms with E-state index in [1.54, 1.807) is 11.0 Å². The molecule has 2 saturated heterocycles. The maximum Gasteiger partial charge on any atom is 0.261 e. The molecule has 1 saturated carbocycles. The van der Waals surface area contributed by atoms with E-state index >= 15 is 0 Å². The molecule has 3 aliphatic rings. The average Bonchev–Trinajstić information content (AvgIpc) is 3.74. The van der Waals surface area contributed by atoms with Gasteiger partial charge in [0.25, 0.3) is 5.91 Å². The van der Waals surface area contributed by atoms with Crippen molar-refractivity contribution < 1.29 is 31.9 Å². The maximum absolute atomic E-state index is 14.9. The normalized spacial score (nSPS) is 19.1. The molecular weight excluding hydrogens is 609 g/mol. The van der Waals surface area contributed by atoms with Crippen LogP contribution in [0, 0.1) is 5.82 Å². The third-order valence-electron chi connectivity index (χ3n) is 7.66. The second-order valence-corrected chi connectivity index (χ2v) is 13.9. The molecular formula is C27H33ClFN5O6S2. The summed E-state index contributed by atoms with van der Waals surface area (Å²) in [7, 11) is -3.36. The zero-order valence-corrected chi connectivity index (χ0v) is 25.5. The Kier molecular flexibility index (Phi) is 9.38. The zero-order chi connectivity index (χ0) is 30.0. The standard InChI is InChI=1S/C27H33ClFN5O6S2/c1-40-25-20(34-9-3-2-4-24(34)35)14-17(29)15-22(25)42(38,39)31-19(16-30-26(36)21-7-8-23(28)41-21)27(37)33-12-10-32(11-13-33)18-5-6-18/h7-8,14-15,18-19,31H,2-6,9-13,16H2,1H3,(H,30,36)/t19-/m0/s1. The smallest absolute Gasteiger partial charge is 0.261 e. The van der Waals surface area contributed by atoms with Gasteiger partial charge in [0.1, 0.15) is 16.8 Å². The second-order valence-electron chi connectivity index (χ2n) is 10.5. The highest BCUT2D eigenvalue weighted by Crippen LogP contribution is 2.38. The Morgan fingerprint density at radius 2 is 1.88 bits per heavy atom. The molecule has 1 aromatic carbocycles. The number of nitrogens with one attached hydrogen (secondary N) is 2. The van der Waals surface area contributed by atoms with Crippen LogP contribution in [0.15, 0.2) is 29.2 Å². The van der Waals surface area contributed by atoms with E-state index in [9.17, 15) is 27.2 Å². The fourth-order valence-electron chi connectivity index (χ4n) is 5.34. The zero-order valence-electron chi connectivity index (χ0n) is 23.1. The van der Waals surface area contributed by atoms with E-state index in [-0.39, 0.29) is 36.9 Å². The van der Waals surface area contributed by atoms with E-state index in [4.69, 9.17) is 16.3 Å². The third kappa shape index (κ3) is 6.88. The fraction of sp³-hybridized carbons (Fsp3) is 0.519. The number of nitrogens with zero attached hydrogens (tertiary/aromatic N) is 3. The quantitative estimate of drug-likeness (QED) is 0.408. The SMILES string of the molecule is COc1c(N2CCCCC2=O)cc(F)cc1S(=O)(=O)N[C@@H](CNC(=O)c1ccc(Cl)s1)C(=O)N1CCN(C2CC2)CC1. The Bertz CT molecular complexity index is 1460. The number of carbonyl (C=O) groups excluding carboxylic acids is 3. The van der Waals surface area contributed by atoms with Crippen molar-refractivity contribution >= 4 is 56.4 Å². The summed E-state index contributed by atoms with van der Waals surface area (Å²) in [4.78, 5) is 44.0. The first-order valence-corrected chi connectivity index (χ1v) is 16.5. The molecule has 3 fully saturated rings. The van der Waals surface area contributed by atoms with Gasteiger partial charge in [0.15, 0.2) is 5.75 Å². The van der Waals surface area contributed by atoms with E-state index in [2.05, 4.69) is 14.9 Å². The van der Waals surface area contributed by atoms with Gasteiger partial charge >= 0.3 is 0 Å². The number of piperidine rings is 1. The van der Waals surface area contributed by atoms with Crippen molar-refractivity contribution in [2.24, 2.45) is 0 Å². The van der Waals surface area contributed by atoms with Gasteiger partial charge in [-0.15, -0.1) is 11.3 Å². The third-order valence-corrected chi connectivity index (χ3v) is 10.4. The van der Waals surface area contributed by atoms with Crippen LogP contribution >= 0.6 is 22.9 Å². The number of anilines is 1. The Hall–Kier alpha value is -2.78. The van der Waals surface area contributed by atoms with E-state index in [0.717, 1.165) is 36.3 Å². The van der Waals surface area contributed by atoms with Gasteiger partial charge in [-0.25, -0.2) is 12.8 Å². The minimum absolute atomic E-state index is 0.00419. The van der Waals surface area contributed by atoms with Crippen LogP contribution in [0.25, 0.3) is 0 Å². The monoisotopic (exact) mass is 641 g/mol. The molecule has 1 atom stereocenters. The van der Waals surface area contributed by atoms with Crippen LogP contribution in [0.1, 0.15) is 41.8 Å². The van der Waals surface area contributed by atoms with Gasteiger partial charge in [0.05, 0.1) is 22.0 Å². The number of methoxy groups -OCH3 is 1. The lowest BCUT2D eigenvalue weighted by Gasteiger charge is -2.36. The number of hydrogen-bond donors (Lipinski definition) is 2. The molecule has 0 bridgehead atoms.